The van der Waals surface area contributed by atoms with Gasteiger partial charge in [-0.15, -0.1) is 0 Å². The normalized spacial score (nSPS) is 12.7. The Morgan fingerprint density at radius 3 is 1.85 bits per heavy atom. The molecule has 1 atom stereocenters. The van der Waals surface area contributed by atoms with Crippen molar-refractivity contribution in [1.82, 2.24) is 0 Å². The van der Waals surface area contributed by atoms with Gasteiger partial charge in [0, 0.05) is 27.5 Å². The highest BCUT2D eigenvalue weighted by molar-refractivity contribution is 7.32. The molecule has 1 heterocycles. The van der Waals surface area contributed by atoms with E-state index in [-0.39, 0.29) is 10.8 Å². The van der Waals surface area contributed by atoms with E-state index in [9.17, 15) is 0 Å². The van der Waals surface area contributed by atoms with Gasteiger partial charge < -0.3 is 12.9 Å². The second-order valence-corrected chi connectivity index (χ2v) is 14.1. The van der Waals surface area contributed by atoms with Crippen molar-refractivity contribution in [2.24, 2.45) is 0 Å². The third-order valence-electron chi connectivity index (χ3n) is 7.74. The largest absolute Gasteiger partial charge is 0.453 e. The maximum Gasteiger partial charge on any atom is 0.453 e. The highest BCUT2D eigenvalue weighted by atomic mass is 31.1. The predicted octanol–water partition coefficient (Wildman–Crippen LogP) is 11.6. The number of aryl methyl sites for hydroxylation is 4. The Morgan fingerprint density at radius 1 is 0.625 bits per heavy atom. The second kappa shape index (κ2) is 10.2. The van der Waals surface area contributed by atoms with Crippen molar-refractivity contribution in [2.75, 3.05) is 0 Å². The zero-order chi connectivity index (χ0) is 29.0. The Balaban J connectivity index is 1.92. The van der Waals surface area contributed by atoms with Gasteiger partial charge in [-0.1, -0.05) is 96.1 Å². The van der Waals surface area contributed by atoms with Crippen molar-refractivity contribution >= 4 is 30.2 Å². The van der Waals surface area contributed by atoms with Crippen molar-refractivity contribution < 1.29 is 12.9 Å². The van der Waals surface area contributed by atoms with Crippen LogP contribution in [0, 0.1) is 27.7 Å². The van der Waals surface area contributed by atoms with E-state index in [1.54, 1.807) is 0 Å². The molecule has 0 aliphatic rings. The number of para-hydroxylation sites is 1. The van der Waals surface area contributed by atoms with Crippen molar-refractivity contribution in [3.63, 3.8) is 0 Å². The molecule has 0 saturated heterocycles. The molecule has 0 bridgehead atoms. The fourth-order valence-corrected chi connectivity index (χ4v) is 6.53. The number of hydrogen-bond acceptors (Lipinski definition) is 3. The topological polar surface area (TPSA) is 35.5 Å². The molecule has 0 radical (unpaired) electrons. The minimum Gasteiger partial charge on any atom is -0.390 e. The summed E-state index contributed by atoms with van der Waals surface area (Å²) in [6.07, 6.45) is 0. The maximum atomic E-state index is 6.89. The molecule has 0 saturated carbocycles. The molecule has 0 aliphatic heterocycles. The van der Waals surface area contributed by atoms with Crippen LogP contribution in [0.15, 0.2) is 75.1 Å². The number of benzene rings is 4. The van der Waals surface area contributed by atoms with Crippen LogP contribution in [-0.4, -0.2) is 0 Å². The highest BCUT2D eigenvalue weighted by Crippen LogP contribution is 2.46. The van der Waals surface area contributed by atoms with Gasteiger partial charge in [-0.2, -0.15) is 0 Å². The fourth-order valence-electron chi connectivity index (χ4n) is 5.41. The molecule has 3 nitrogen and oxygen atoms in total. The monoisotopic (exact) mass is 552 g/mol. The van der Waals surface area contributed by atoms with Crippen LogP contribution in [0.5, 0.6) is 5.75 Å². The van der Waals surface area contributed by atoms with Crippen molar-refractivity contribution in [3.05, 3.63) is 100 Å². The van der Waals surface area contributed by atoms with Crippen LogP contribution < -0.4 is 4.52 Å². The molecule has 4 heteroatoms. The molecule has 0 fully saturated rings. The third kappa shape index (κ3) is 5.20. The Morgan fingerprint density at radius 2 is 1.20 bits per heavy atom. The average Bonchev–Trinajstić information content (AvgIpc) is 3.02. The van der Waals surface area contributed by atoms with E-state index in [1.165, 1.54) is 22.3 Å². The molecule has 1 unspecified atom stereocenters. The van der Waals surface area contributed by atoms with E-state index >= 15 is 0 Å². The fraction of sp³-hybridized carbons (Fsp3) is 0.333. The summed E-state index contributed by atoms with van der Waals surface area (Å²) < 4.78 is 20.5. The molecule has 0 aliphatic carbocycles. The van der Waals surface area contributed by atoms with Crippen molar-refractivity contribution in [1.29, 1.82) is 0 Å². The number of rotatable bonds is 3. The SMILES string of the molecule is Cc1cc(C(C)(C)C)c2op(Oc3ccccc3-c3ccccc3C)oc3c(C(C)(C)C)cc(C)c(C)c3c2c1. The van der Waals surface area contributed by atoms with Crippen LogP contribution in [0.1, 0.15) is 74.9 Å². The summed E-state index contributed by atoms with van der Waals surface area (Å²) in [5.74, 6) is 0.749. The lowest BCUT2D eigenvalue weighted by atomic mass is 9.82. The van der Waals surface area contributed by atoms with Gasteiger partial charge in [-0.05, 0) is 78.5 Å². The summed E-state index contributed by atoms with van der Waals surface area (Å²) in [5.41, 5.74) is 10.8. The third-order valence-corrected chi connectivity index (χ3v) is 8.75. The first-order valence-corrected chi connectivity index (χ1v) is 15.1. The van der Waals surface area contributed by atoms with Crippen molar-refractivity contribution in [2.45, 2.75) is 80.1 Å². The van der Waals surface area contributed by atoms with E-state index in [2.05, 4.69) is 118 Å². The summed E-state index contributed by atoms with van der Waals surface area (Å²) >= 11 is 0. The molecular formula is C36H41O3P. The molecule has 0 spiro atoms. The standard InChI is InChI=1S/C36H41O3P/c1-22-19-28-32-25(4)24(3)21-30(36(8,9)10)34(32)39-40(38-33(28)29(20-22)35(5,6)7)37-31-18-14-13-17-27(31)26-16-12-11-15-23(26)2/h11-21H,1-10H3. The minimum absolute atomic E-state index is 0.134. The smallest absolute Gasteiger partial charge is 0.390 e. The van der Waals surface area contributed by atoms with Gasteiger partial charge in [0.15, 0.2) is 0 Å². The van der Waals surface area contributed by atoms with Gasteiger partial charge in [0.25, 0.3) is 0 Å². The number of fused-ring (bicyclic) bond motifs is 3. The summed E-state index contributed by atoms with van der Waals surface area (Å²) in [5, 5.41) is 2.18. The van der Waals surface area contributed by atoms with Crippen LogP contribution >= 0.6 is 8.24 Å². The quantitative estimate of drug-likeness (QED) is 0.223. The first kappa shape index (κ1) is 28.1. The zero-order valence-electron chi connectivity index (χ0n) is 25.5. The second-order valence-electron chi connectivity index (χ2n) is 13.1. The molecule has 5 aromatic rings. The van der Waals surface area contributed by atoms with E-state index in [0.29, 0.717) is 0 Å². The Kier molecular flexibility index (Phi) is 7.17. The molecular weight excluding hydrogens is 511 g/mol. The summed E-state index contributed by atoms with van der Waals surface area (Å²) in [6.45, 7) is 22.1. The lowest BCUT2D eigenvalue weighted by Crippen LogP contribution is -2.13. The van der Waals surface area contributed by atoms with E-state index in [1.807, 2.05) is 18.2 Å². The van der Waals surface area contributed by atoms with Crippen LogP contribution in [0.3, 0.4) is 0 Å². The molecule has 208 valence electrons. The van der Waals surface area contributed by atoms with E-state index in [4.69, 9.17) is 12.9 Å². The summed E-state index contributed by atoms with van der Waals surface area (Å²) in [7, 11) is -1.82. The molecule has 0 amide bonds. The Hall–Kier alpha value is -3.42. The molecule has 4 aromatic carbocycles. The van der Waals surface area contributed by atoms with E-state index in [0.717, 1.165) is 49.9 Å². The van der Waals surface area contributed by atoms with Crippen LogP contribution in [0.25, 0.3) is 33.1 Å². The summed E-state index contributed by atoms with van der Waals surface area (Å²) in [4.78, 5) is 0. The first-order valence-electron chi connectivity index (χ1n) is 14.0. The summed E-state index contributed by atoms with van der Waals surface area (Å²) in [6, 6.07) is 23.3. The van der Waals surface area contributed by atoms with Crippen LogP contribution in [0.4, 0.5) is 0 Å². The lowest BCUT2D eigenvalue weighted by molar-refractivity contribution is 0.490. The maximum absolute atomic E-state index is 6.89. The minimum atomic E-state index is -1.82. The molecule has 0 N–H and O–H groups in total. The Labute approximate surface area is 239 Å². The van der Waals surface area contributed by atoms with Gasteiger partial charge in [0.1, 0.15) is 16.9 Å². The lowest BCUT2D eigenvalue weighted by Gasteiger charge is -2.22. The van der Waals surface area contributed by atoms with Gasteiger partial charge in [-0.3, -0.25) is 0 Å². The van der Waals surface area contributed by atoms with Gasteiger partial charge in [0.2, 0.25) is 0 Å². The van der Waals surface area contributed by atoms with Crippen LogP contribution in [0.2, 0.25) is 0 Å². The number of hydrogen-bond donors (Lipinski definition) is 0. The molecule has 5 rings (SSSR count). The molecule has 40 heavy (non-hydrogen) atoms. The average molecular weight is 553 g/mol. The van der Waals surface area contributed by atoms with Crippen molar-refractivity contribution in [3.8, 4) is 16.9 Å². The predicted molar refractivity (Wildman–Crippen MR) is 171 cm³/mol. The highest BCUT2D eigenvalue weighted by Gasteiger charge is 2.26. The Bertz CT molecular complexity index is 1780. The van der Waals surface area contributed by atoms with E-state index < -0.39 is 8.24 Å². The zero-order valence-corrected chi connectivity index (χ0v) is 26.4. The first-order chi connectivity index (χ1) is 18.8. The van der Waals surface area contributed by atoms with Gasteiger partial charge >= 0.3 is 8.24 Å². The van der Waals surface area contributed by atoms with Crippen LogP contribution in [-0.2, 0) is 10.8 Å². The molecule has 1 aromatic heterocycles. The van der Waals surface area contributed by atoms with Gasteiger partial charge in [-0.25, -0.2) is 0 Å². The van der Waals surface area contributed by atoms with Gasteiger partial charge in [0.05, 0.1) is 0 Å².